The predicted molar refractivity (Wildman–Crippen MR) is 69.4 cm³/mol. The van der Waals surface area contributed by atoms with Crippen LogP contribution >= 0.6 is 11.8 Å². The van der Waals surface area contributed by atoms with Crippen LogP contribution in [0.25, 0.3) is 0 Å². The van der Waals surface area contributed by atoms with Gasteiger partial charge in [-0.05, 0) is 47.6 Å². The molecule has 1 aliphatic carbocycles. The van der Waals surface area contributed by atoms with Crippen LogP contribution in [0.3, 0.4) is 0 Å². The molecule has 2 fully saturated rings. The fraction of sp³-hybridized carbons (Fsp3) is 1.00. The van der Waals surface area contributed by atoms with Crippen molar-refractivity contribution in [3.8, 4) is 0 Å². The molecule has 2 heteroatoms. The van der Waals surface area contributed by atoms with Crippen LogP contribution in [0.1, 0.15) is 40.5 Å². The molecule has 0 aromatic carbocycles. The summed E-state index contributed by atoms with van der Waals surface area (Å²) in [6.07, 6.45) is 2.75. The van der Waals surface area contributed by atoms with Crippen LogP contribution < -0.4 is 5.32 Å². The fourth-order valence-electron chi connectivity index (χ4n) is 3.03. The van der Waals surface area contributed by atoms with Crippen LogP contribution in [0.4, 0.5) is 0 Å². The third-order valence-electron chi connectivity index (χ3n) is 5.15. The van der Waals surface area contributed by atoms with Crippen molar-refractivity contribution < 1.29 is 0 Å². The van der Waals surface area contributed by atoms with Gasteiger partial charge in [0.2, 0.25) is 0 Å². The molecule has 1 saturated carbocycles. The van der Waals surface area contributed by atoms with E-state index in [4.69, 9.17) is 0 Å². The third kappa shape index (κ3) is 2.08. The summed E-state index contributed by atoms with van der Waals surface area (Å²) >= 11 is 2.11. The molecule has 1 N–H and O–H groups in total. The van der Waals surface area contributed by atoms with E-state index >= 15 is 0 Å². The largest absolute Gasteiger partial charge is 0.314 e. The lowest BCUT2D eigenvalue weighted by Crippen LogP contribution is -2.34. The van der Waals surface area contributed by atoms with Gasteiger partial charge in [0.1, 0.15) is 0 Å². The zero-order chi connectivity index (χ0) is 11.1. The summed E-state index contributed by atoms with van der Waals surface area (Å²) in [6.45, 7) is 10.9. The topological polar surface area (TPSA) is 12.0 Å². The Bertz CT molecular complexity index is 215. The minimum atomic E-state index is 0.545. The summed E-state index contributed by atoms with van der Waals surface area (Å²) < 4.78 is 0. The lowest BCUT2D eigenvalue weighted by Gasteiger charge is -2.23. The molecule has 0 spiro atoms. The Balaban J connectivity index is 1.75. The zero-order valence-electron chi connectivity index (χ0n) is 10.6. The maximum absolute atomic E-state index is 3.78. The first-order valence-corrected chi connectivity index (χ1v) is 7.43. The summed E-state index contributed by atoms with van der Waals surface area (Å²) in [6, 6.07) is 0.804. The minimum Gasteiger partial charge on any atom is -0.314 e. The molecule has 1 nitrogen and oxygen atoms in total. The minimum absolute atomic E-state index is 0.545. The number of nitrogens with one attached hydrogen (secondary N) is 1. The van der Waals surface area contributed by atoms with Gasteiger partial charge in [0.05, 0.1) is 0 Å². The Morgan fingerprint density at radius 1 is 1.07 bits per heavy atom. The second-order valence-corrected chi connectivity index (χ2v) is 7.52. The summed E-state index contributed by atoms with van der Waals surface area (Å²) in [4.78, 5) is 0. The predicted octanol–water partition coefficient (Wildman–Crippen LogP) is 3.15. The fourth-order valence-corrected chi connectivity index (χ4v) is 4.14. The first kappa shape index (κ1) is 11.8. The van der Waals surface area contributed by atoms with Crippen LogP contribution in [0.5, 0.6) is 0 Å². The molecular formula is C13H25NS. The maximum atomic E-state index is 3.78. The molecular weight excluding hydrogens is 202 g/mol. The third-order valence-corrected chi connectivity index (χ3v) is 6.20. The molecule has 0 radical (unpaired) electrons. The van der Waals surface area contributed by atoms with Crippen molar-refractivity contribution >= 4 is 11.8 Å². The number of thioether (sulfide) groups is 1. The molecule has 1 saturated heterocycles. The highest BCUT2D eigenvalue weighted by Crippen LogP contribution is 2.67. The number of hydrogen-bond acceptors (Lipinski definition) is 2. The highest BCUT2D eigenvalue weighted by molar-refractivity contribution is 7.99. The first-order chi connectivity index (χ1) is 6.96. The molecule has 2 rings (SSSR count). The maximum Gasteiger partial charge on any atom is 0.00828 e. The molecule has 0 amide bonds. The van der Waals surface area contributed by atoms with Crippen molar-refractivity contribution in [1.29, 1.82) is 0 Å². The van der Waals surface area contributed by atoms with Gasteiger partial charge in [0, 0.05) is 6.04 Å². The van der Waals surface area contributed by atoms with Crippen molar-refractivity contribution in [3.63, 3.8) is 0 Å². The van der Waals surface area contributed by atoms with Gasteiger partial charge < -0.3 is 5.32 Å². The van der Waals surface area contributed by atoms with Gasteiger partial charge in [-0.25, -0.2) is 0 Å². The molecule has 0 bridgehead atoms. The Morgan fingerprint density at radius 2 is 1.60 bits per heavy atom. The molecule has 1 aliphatic heterocycles. The van der Waals surface area contributed by atoms with Gasteiger partial charge in [-0.2, -0.15) is 11.8 Å². The molecule has 2 aliphatic rings. The average Bonchev–Trinajstić information content (AvgIpc) is 2.57. The van der Waals surface area contributed by atoms with Gasteiger partial charge in [-0.3, -0.25) is 0 Å². The van der Waals surface area contributed by atoms with Crippen LogP contribution in [0, 0.1) is 16.7 Å². The van der Waals surface area contributed by atoms with E-state index in [1.807, 2.05) is 0 Å². The molecule has 0 aromatic heterocycles. The van der Waals surface area contributed by atoms with Crippen LogP contribution in [-0.4, -0.2) is 24.1 Å². The van der Waals surface area contributed by atoms with E-state index in [9.17, 15) is 0 Å². The summed E-state index contributed by atoms with van der Waals surface area (Å²) in [7, 11) is 0. The van der Waals surface area contributed by atoms with E-state index < -0.39 is 0 Å². The molecule has 1 heterocycles. The Labute approximate surface area is 98.8 Å². The lowest BCUT2D eigenvalue weighted by atomic mass is 10.0. The quantitative estimate of drug-likeness (QED) is 0.795. The van der Waals surface area contributed by atoms with E-state index in [0.29, 0.717) is 10.8 Å². The van der Waals surface area contributed by atoms with Crippen molar-refractivity contribution in [2.45, 2.75) is 46.6 Å². The first-order valence-electron chi connectivity index (χ1n) is 6.27. The molecule has 0 atom stereocenters. The van der Waals surface area contributed by atoms with Crippen molar-refractivity contribution in [2.75, 3.05) is 18.1 Å². The van der Waals surface area contributed by atoms with Crippen LogP contribution in [0.2, 0.25) is 0 Å². The van der Waals surface area contributed by atoms with E-state index in [1.54, 1.807) is 0 Å². The molecule has 0 aromatic rings. The van der Waals surface area contributed by atoms with E-state index in [2.05, 4.69) is 44.8 Å². The van der Waals surface area contributed by atoms with Gasteiger partial charge in [0.25, 0.3) is 0 Å². The Morgan fingerprint density at radius 3 is 2.07 bits per heavy atom. The number of rotatable bonds is 3. The monoisotopic (exact) mass is 227 g/mol. The van der Waals surface area contributed by atoms with Crippen molar-refractivity contribution in [1.82, 2.24) is 5.32 Å². The molecule has 15 heavy (non-hydrogen) atoms. The SMILES string of the molecule is CC1(C)C(CNC2CCSCC2)C1(C)C. The second-order valence-electron chi connectivity index (χ2n) is 6.29. The second kappa shape index (κ2) is 3.96. The summed E-state index contributed by atoms with van der Waals surface area (Å²) in [5.74, 6) is 3.59. The van der Waals surface area contributed by atoms with E-state index in [1.165, 1.54) is 30.9 Å². The number of hydrogen-bond donors (Lipinski definition) is 1. The van der Waals surface area contributed by atoms with Crippen molar-refractivity contribution in [2.24, 2.45) is 16.7 Å². The normalized spacial score (nSPS) is 30.4. The van der Waals surface area contributed by atoms with Crippen LogP contribution in [0.15, 0.2) is 0 Å². The smallest absolute Gasteiger partial charge is 0.00828 e. The molecule has 88 valence electrons. The lowest BCUT2D eigenvalue weighted by molar-refractivity contribution is 0.439. The van der Waals surface area contributed by atoms with E-state index in [-0.39, 0.29) is 0 Å². The highest BCUT2D eigenvalue weighted by atomic mass is 32.2. The molecule has 0 unspecified atom stereocenters. The standard InChI is InChI=1S/C13H25NS/c1-12(2)11(13(12,3)4)9-14-10-5-7-15-8-6-10/h10-11,14H,5-9H2,1-4H3. The Kier molecular flexibility index (Phi) is 3.11. The van der Waals surface area contributed by atoms with Crippen LogP contribution in [-0.2, 0) is 0 Å². The van der Waals surface area contributed by atoms with Gasteiger partial charge >= 0.3 is 0 Å². The van der Waals surface area contributed by atoms with Gasteiger partial charge in [0.15, 0.2) is 0 Å². The average molecular weight is 227 g/mol. The Hall–Kier alpha value is 0.310. The van der Waals surface area contributed by atoms with Gasteiger partial charge in [-0.15, -0.1) is 0 Å². The van der Waals surface area contributed by atoms with Gasteiger partial charge in [-0.1, -0.05) is 27.7 Å². The van der Waals surface area contributed by atoms with E-state index in [0.717, 1.165) is 12.0 Å². The summed E-state index contributed by atoms with van der Waals surface area (Å²) in [5.41, 5.74) is 1.09. The van der Waals surface area contributed by atoms with Crippen molar-refractivity contribution in [3.05, 3.63) is 0 Å². The highest BCUT2D eigenvalue weighted by Gasteiger charge is 2.63. The zero-order valence-corrected chi connectivity index (χ0v) is 11.4. The summed E-state index contributed by atoms with van der Waals surface area (Å²) in [5, 5.41) is 3.78.